The van der Waals surface area contributed by atoms with Crippen molar-refractivity contribution in [3.8, 4) is 0 Å². The molecule has 0 aromatic rings. The first-order chi connectivity index (χ1) is 6.02. The van der Waals surface area contributed by atoms with E-state index in [1.807, 2.05) is 6.92 Å². The fourth-order valence-corrected chi connectivity index (χ4v) is 1.40. The largest absolute Gasteiger partial charge is 0.393 e. The molecule has 2 heteroatoms. The second kappa shape index (κ2) is 7.34. The second-order valence-electron chi connectivity index (χ2n) is 4.30. The maximum atomic E-state index is 9.01. The van der Waals surface area contributed by atoms with E-state index in [0.717, 1.165) is 25.9 Å². The van der Waals surface area contributed by atoms with Crippen LogP contribution in [0.2, 0.25) is 0 Å². The monoisotopic (exact) mass is 188 g/mol. The quantitative estimate of drug-likeness (QED) is 0.622. The minimum absolute atomic E-state index is 0.191. The Balaban J connectivity index is 3.22. The molecule has 0 bridgehead atoms. The van der Waals surface area contributed by atoms with Crippen LogP contribution in [-0.4, -0.2) is 23.9 Å². The summed E-state index contributed by atoms with van der Waals surface area (Å²) in [6.45, 7) is 9.12. The third-order valence-corrected chi connectivity index (χ3v) is 1.97. The smallest absolute Gasteiger partial charge is 0.0549 e. The lowest BCUT2D eigenvalue weighted by atomic mass is 10.1. The van der Waals surface area contributed by atoms with Crippen LogP contribution in [0.5, 0.6) is 0 Å². The van der Waals surface area contributed by atoms with Crippen LogP contribution in [0.1, 0.15) is 47.0 Å². The van der Waals surface area contributed by atoms with Crippen LogP contribution in [0.3, 0.4) is 0 Å². The van der Waals surface area contributed by atoms with E-state index in [4.69, 9.17) is 9.84 Å². The Hall–Kier alpha value is -0.0800. The van der Waals surface area contributed by atoms with Gasteiger partial charge < -0.3 is 9.84 Å². The van der Waals surface area contributed by atoms with E-state index >= 15 is 0 Å². The molecule has 0 aromatic carbocycles. The van der Waals surface area contributed by atoms with Gasteiger partial charge in [-0.25, -0.2) is 0 Å². The molecular formula is C11H24O2. The molecule has 0 spiro atoms. The lowest BCUT2D eigenvalue weighted by Crippen LogP contribution is -2.13. The average molecular weight is 188 g/mol. The van der Waals surface area contributed by atoms with E-state index in [1.54, 1.807) is 0 Å². The fraction of sp³-hybridized carbons (Fsp3) is 1.00. The summed E-state index contributed by atoms with van der Waals surface area (Å²) in [5, 5.41) is 9.01. The first-order valence-corrected chi connectivity index (χ1v) is 5.32. The molecule has 0 aliphatic carbocycles. The van der Waals surface area contributed by atoms with E-state index in [0.29, 0.717) is 12.0 Å². The van der Waals surface area contributed by atoms with Gasteiger partial charge in [0.1, 0.15) is 0 Å². The lowest BCUT2D eigenvalue weighted by Gasteiger charge is -2.15. The van der Waals surface area contributed by atoms with Crippen LogP contribution in [0.4, 0.5) is 0 Å². The third kappa shape index (κ3) is 9.84. The van der Waals surface area contributed by atoms with Crippen molar-refractivity contribution in [2.24, 2.45) is 5.92 Å². The molecule has 0 saturated heterocycles. The van der Waals surface area contributed by atoms with Crippen LogP contribution < -0.4 is 0 Å². The highest BCUT2D eigenvalue weighted by atomic mass is 16.5. The Morgan fingerprint density at radius 1 is 1.15 bits per heavy atom. The molecule has 0 aromatic heterocycles. The molecule has 0 heterocycles. The standard InChI is InChI=1S/C11H24O2/c1-9(2)8-11(4)13-7-5-6-10(3)12/h9-12H,5-8H2,1-4H3. The van der Waals surface area contributed by atoms with Crippen molar-refractivity contribution in [3.63, 3.8) is 0 Å². The summed E-state index contributed by atoms with van der Waals surface area (Å²) in [4.78, 5) is 0. The number of hydrogen-bond donors (Lipinski definition) is 1. The molecule has 1 N–H and O–H groups in total. The predicted octanol–water partition coefficient (Wildman–Crippen LogP) is 2.60. The van der Waals surface area contributed by atoms with E-state index in [1.165, 1.54) is 0 Å². The minimum atomic E-state index is -0.191. The van der Waals surface area contributed by atoms with Crippen LogP contribution in [0.25, 0.3) is 0 Å². The molecule has 2 nitrogen and oxygen atoms in total. The van der Waals surface area contributed by atoms with Gasteiger partial charge >= 0.3 is 0 Å². The molecule has 0 rings (SSSR count). The number of ether oxygens (including phenoxy) is 1. The van der Waals surface area contributed by atoms with Gasteiger partial charge in [0, 0.05) is 6.61 Å². The van der Waals surface area contributed by atoms with Gasteiger partial charge in [0.05, 0.1) is 12.2 Å². The summed E-state index contributed by atoms with van der Waals surface area (Å²) in [5.74, 6) is 0.701. The summed E-state index contributed by atoms with van der Waals surface area (Å²) in [6, 6.07) is 0. The van der Waals surface area contributed by atoms with E-state index in [9.17, 15) is 0 Å². The van der Waals surface area contributed by atoms with E-state index in [2.05, 4.69) is 20.8 Å². The average Bonchev–Trinajstić information content (AvgIpc) is 1.96. The van der Waals surface area contributed by atoms with Gasteiger partial charge in [0.2, 0.25) is 0 Å². The summed E-state index contributed by atoms with van der Waals surface area (Å²) in [6.07, 6.45) is 3.08. The Morgan fingerprint density at radius 2 is 1.77 bits per heavy atom. The first kappa shape index (κ1) is 12.9. The molecule has 0 fully saturated rings. The van der Waals surface area contributed by atoms with Crippen molar-refractivity contribution in [1.29, 1.82) is 0 Å². The normalized spacial score (nSPS) is 16.2. The van der Waals surface area contributed by atoms with E-state index < -0.39 is 0 Å². The van der Waals surface area contributed by atoms with Crippen molar-refractivity contribution in [2.45, 2.75) is 59.2 Å². The highest BCUT2D eigenvalue weighted by Gasteiger charge is 2.04. The molecule has 2 atom stereocenters. The Kier molecular flexibility index (Phi) is 7.29. The lowest BCUT2D eigenvalue weighted by molar-refractivity contribution is 0.0436. The highest BCUT2D eigenvalue weighted by molar-refractivity contribution is 4.54. The zero-order valence-corrected chi connectivity index (χ0v) is 9.42. The Bertz CT molecular complexity index is 111. The Labute approximate surface area is 82.3 Å². The molecule has 2 unspecified atom stereocenters. The molecule has 80 valence electrons. The van der Waals surface area contributed by atoms with Gasteiger partial charge in [-0.15, -0.1) is 0 Å². The van der Waals surface area contributed by atoms with Gasteiger partial charge in [-0.3, -0.25) is 0 Å². The maximum Gasteiger partial charge on any atom is 0.0549 e. The SMILES string of the molecule is CC(C)CC(C)OCCCC(C)O. The summed E-state index contributed by atoms with van der Waals surface area (Å²) >= 11 is 0. The van der Waals surface area contributed by atoms with Gasteiger partial charge in [-0.1, -0.05) is 13.8 Å². The minimum Gasteiger partial charge on any atom is -0.393 e. The zero-order chi connectivity index (χ0) is 10.3. The van der Waals surface area contributed by atoms with Crippen LogP contribution >= 0.6 is 0 Å². The number of rotatable bonds is 7. The number of hydrogen-bond acceptors (Lipinski definition) is 2. The summed E-state index contributed by atoms with van der Waals surface area (Å²) in [5.41, 5.74) is 0. The number of aliphatic hydroxyl groups is 1. The van der Waals surface area contributed by atoms with Crippen molar-refractivity contribution in [1.82, 2.24) is 0 Å². The first-order valence-electron chi connectivity index (χ1n) is 5.32. The maximum absolute atomic E-state index is 9.01. The Morgan fingerprint density at radius 3 is 2.23 bits per heavy atom. The van der Waals surface area contributed by atoms with Crippen LogP contribution in [0, 0.1) is 5.92 Å². The topological polar surface area (TPSA) is 29.5 Å². The van der Waals surface area contributed by atoms with Gasteiger partial charge in [-0.05, 0) is 39.0 Å². The van der Waals surface area contributed by atoms with Gasteiger partial charge in [-0.2, -0.15) is 0 Å². The summed E-state index contributed by atoms with van der Waals surface area (Å²) < 4.78 is 5.59. The van der Waals surface area contributed by atoms with Crippen molar-refractivity contribution in [3.05, 3.63) is 0 Å². The molecule has 0 aliphatic heterocycles. The fourth-order valence-electron chi connectivity index (χ4n) is 1.40. The highest BCUT2D eigenvalue weighted by Crippen LogP contribution is 2.08. The molecule has 0 saturated carbocycles. The third-order valence-electron chi connectivity index (χ3n) is 1.97. The molecule has 0 radical (unpaired) electrons. The molecular weight excluding hydrogens is 164 g/mol. The number of aliphatic hydroxyl groups excluding tert-OH is 1. The zero-order valence-electron chi connectivity index (χ0n) is 9.42. The van der Waals surface area contributed by atoms with Crippen LogP contribution in [0.15, 0.2) is 0 Å². The molecule has 0 aliphatic rings. The van der Waals surface area contributed by atoms with Gasteiger partial charge in [0.15, 0.2) is 0 Å². The second-order valence-corrected chi connectivity index (χ2v) is 4.30. The van der Waals surface area contributed by atoms with Crippen molar-refractivity contribution < 1.29 is 9.84 Å². The molecule has 13 heavy (non-hydrogen) atoms. The van der Waals surface area contributed by atoms with Crippen molar-refractivity contribution >= 4 is 0 Å². The van der Waals surface area contributed by atoms with Crippen molar-refractivity contribution in [2.75, 3.05) is 6.61 Å². The molecule has 0 amide bonds. The van der Waals surface area contributed by atoms with Gasteiger partial charge in [0.25, 0.3) is 0 Å². The van der Waals surface area contributed by atoms with E-state index in [-0.39, 0.29) is 6.10 Å². The summed E-state index contributed by atoms with van der Waals surface area (Å²) in [7, 11) is 0. The van der Waals surface area contributed by atoms with Crippen LogP contribution in [-0.2, 0) is 4.74 Å². The predicted molar refractivity (Wildman–Crippen MR) is 55.8 cm³/mol.